The molecule has 132 valence electrons. The van der Waals surface area contributed by atoms with Gasteiger partial charge in [0.2, 0.25) is 0 Å². The maximum atomic E-state index is 12.2. The molecule has 3 rings (SSSR count). The number of rotatable bonds is 5. The van der Waals surface area contributed by atoms with E-state index in [-0.39, 0.29) is 11.7 Å². The van der Waals surface area contributed by atoms with Gasteiger partial charge in [0.05, 0.1) is 12.8 Å². The standard InChI is InChI=1S/C19H17N3O3S/c1-11-18(26-22-21-11)19(24)20-15-7-4-13(5-8-15)16-10-14(12(2)23)6-9-17(16)25-3/h4-10H,1-3H3,(H,20,24). The molecule has 0 radical (unpaired) electrons. The van der Waals surface area contributed by atoms with Gasteiger partial charge in [-0.2, -0.15) is 0 Å². The molecule has 0 unspecified atom stereocenters. The maximum absolute atomic E-state index is 12.2. The maximum Gasteiger partial charge on any atom is 0.269 e. The van der Waals surface area contributed by atoms with E-state index in [9.17, 15) is 9.59 Å². The number of amides is 1. The minimum atomic E-state index is -0.235. The first-order valence-corrected chi connectivity index (χ1v) is 8.66. The number of hydrogen-bond acceptors (Lipinski definition) is 6. The second kappa shape index (κ2) is 7.45. The van der Waals surface area contributed by atoms with Crippen LogP contribution in [0.1, 0.15) is 32.6 Å². The van der Waals surface area contributed by atoms with E-state index in [4.69, 9.17) is 4.74 Å². The van der Waals surface area contributed by atoms with E-state index < -0.39 is 0 Å². The molecule has 0 aliphatic heterocycles. The van der Waals surface area contributed by atoms with Gasteiger partial charge in [-0.1, -0.05) is 16.6 Å². The van der Waals surface area contributed by atoms with Crippen molar-refractivity contribution < 1.29 is 14.3 Å². The number of carbonyl (C=O) groups is 2. The summed E-state index contributed by atoms with van der Waals surface area (Å²) < 4.78 is 9.17. The lowest BCUT2D eigenvalue weighted by Crippen LogP contribution is -2.11. The zero-order valence-corrected chi connectivity index (χ0v) is 15.4. The Balaban J connectivity index is 1.86. The van der Waals surface area contributed by atoms with Gasteiger partial charge >= 0.3 is 0 Å². The number of nitrogens with one attached hydrogen (secondary N) is 1. The van der Waals surface area contributed by atoms with Crippen LogP contribution in [0.2, 0.25) is 0 Å². The summed E-state index contributed by atoms with van der Waals surface area (Å²) in [5.74, 6) is 0.436. The lowest BCUT2D eigenvalue weighted by atomic mass is 10.00. The summed E-state index contributed by atoms with van der Waals surface area (Å²) in [5, 5.41) is 6.67. The van der Waals surface area contributed by atoms with Crippen LogP contribution in [0.15, 0.2) is 42.5 Å². The molecule has 2 aromatic carbocycles. The van der Waals surface area contributed by atoms with Crippen LogP contribution >= 0.6 is 11.5 Å². The number of ether oxygens (including phenoxy) is 1. The highest BCUT2D eigenvalue weighted by Crippen LogP contribution is 2.32. The van der Waals surface area contributed by atoms with Gasteiger partial charge in [0.25, 0.3) is 5.91 Å². The number of carbonyl (C=O) groups excluding carboxylic acids is 2. The van der Waals surface area contributed by atoms with Crippen molar-refractivity contribution in [1.29, 1.82) is 0 Å². The minimum Gasteiger partial charge on any atom is -0.496 e. The Morgan fingerprint density at radius 1 is 1.12 bits per heavy atom. The average molecular weight is 367 g/mol. The lowest BCUT2D eigenvalue weighted by Gasteiger charge is -2.11. The highest BCUT2D eigenvalue weighted by Gasteiger charge is 2.14. The van der Waals surface area contributed by atoms with Crippen molar-refractivity contribution in [2.24, 2.45) is 0 Å². The fourth-order valence-corrected chi connectivity index (χ4v) is 3.07. The molecule has 26 heavy (non-hydrogen) atoms. The summed E-state index contributed by atoms with van der Waals surface area (Å²) in [6, 6.07) is 12.7. The monoisotopic (exact) mass is 367 g/mol. The van der Waals surface area contributed by atoms with Crippen LogP contribution in [-0.2, 0) is 0 Å². The molecular formula is C19H17N3O3S. The third-order valence-electron chi connectivity index (χ3n) is 3.92. The predicted molar refractivity (Wildman–Crippen MR) is 101 cm³/mol. The molecule has 1 heterocycles. The third-order valence-corrected chi connectivity index (χ3v) is 4.74. The summed E-state index contributed by atoms with van der Waals surface area (Å²) in [5.41, 5.74) is 3.59. The SMILES string of the molecule is COc1ccc(C(C)=O)cc1-c1ccc(NC(=O)c2snnc2C)cc1. The van der Waals surface area contributed by atoms with Gasteiger partial charge in [0, 0.05) is 16.8 Å². The second-order valence-corrected chi connectivity index (χ2v) is 6.44. The van der Waals surface area contributed by atoms with Gasteiger partial charge in [-0.3, -0.25) is 9.59 Å². The van der Waals surface area contributed by atoms with Crippen molar-refractivity contribution in [2.45, 2.75) is 13.8 Å². The normalized spacial score (nSPS) is 10.4. The Bertz CT molecular complexity index is 964. The Morgan fingerprint density at radius 2 is 1.85 bits per heavy atom. The van der Waals surface area contributed by atoms with E-state index in [1.165, 1.54) is 6.92 Å². The number of aromatic nitrogens is 2. The molecule has 0 atom stereocenters. The average Bonchev–Trinajstić information content (AvgIpc) is 3.08. The molecule has 0 bridgehead atoms. The molecule has 0 spiro atoms. The molecule has 0 aliphatic rings. The first-order valence-electron chi connectivity index (χ1n) is 7.89. The number of ketones is 1. The van der Waals surface area contributed by atoms with Crippen LogP contribution in [0.3, 0.4) is 0 Å². The van der Waals surface area contributed by atoms with Crippen LogP contribution in [0.5, 0.6) is 5.75 Å². The Morgan fingerprint density at radius 3 is 2.42 bits per heavy atom. The van der Waals surface area contributed by atoms with E-state index in [0.29, 0.717) is 27.6 Å². The smallest absolute Gasteiger partial charge is 0.269 e. The molecule has 0 saturated carbocycles. The van der Waals surface area contributed by atoms with E-state index in [1.54, 1.807) is 44.4 Å². The lowest BCUT2D eigenvalue weighted by molar-refractivity contribution is 0.101. The first kappa shape index (κ1) is 17.8. The predicted octanol–water partition coefficient (Wildman–Crippen LogP) is 3.98. The summed E-state index contributed by atoms with van der Waals surface area (Å²) in [4.78, 5) is 24.4. The van der Waals surface area contributed by atoms with Gasteiger partial charge in [0.1, 0.15) is 10.6 Å². The molecule has 0 saturated heterocycles. The number of Topliss-reactive ketones (excluding diaryl/α,β-unsaturated/α-hetero) is 1. The van der Waals surface area contributed by atoms with E-state index in [2.05, 4.69) is 14.9 Å². The number of aryl methyl sites for hydroxylation is 1. The van der Waals surface area contributed by atoms with Crippen LogP contribution in [0, 0.1) is 6.92 Å². The van der Waals surface area contributed by atoms with Crippen molar-refractivity contribution >= 4 is 28.9 Å². The van der Waals surface area contributed by atoms with Crippen molar-refractivity contribution in [2.75, 3.05) is 12.4 Å². The topological polar surface area (TPSA) is 81.2 Å². The number of hydrogen-bond donors (Lipinski definition) is 1. The number of nitrogens with zero attached hydrogens (tertiary/aromatic N) is 2. The van der Waals surface area contributed by atoms with Crippen molar-refractivity contribution in [3.05, 3.63) is 58.6 Å². The number of methoxy groups -OCH3 is 1. The third kappa shape index (κ3) is 3.62. The fraction of sp³-hybridized carbons (Fsp3) is 0.158. The molecule has 1 aromatic heterocycles. The molecule has 3 aromatic rings. The summed E-state index contributed by atoms with van der Waals surface area (Å²) in [6.07, 6.45) is 0. The highest BCUT2D eigenvalue weighted by atomic mass is 32.1. The second-order valence-electron chi connectivity index (χ2n) is 5.69. The van der Waals surface area contributed by atoms with E-state index in [1.807, 2.05) is 12.1 Å². The molecule has 6 nitrogen and oxygen atoms in total. The zero-order chi connectivity index (χ0) is 18.7. The van der Waals surface area contributed by atoms with Crippen molar-refractivity contribution in [1.82, 2.24) is 9.59 Å². The molecule has 7 heteroatoms. The van der Waals surface area contributed by atoms with Gasteiger partial charge < -0.3 is 10.1 Å². The summed E-state index contributed by atoms with van der Waals surface area (Å²) in [7, 11) is 1.59. The summed E-state index contributed by atoms with van der Waals surface area (Å²) >= 11 is 1.06. The molecule has 1 amide bonds. The van der Waals surface area contributed by atoms with Crippen molar-refractivity contribution in [3.63, 3.8) is 0 Å². The van der Waals surface area contributed by atoms with E-state index in [0.717, 1.165) is 22.7 Å². The Hall–Kier alpha value is -3.06. The van der Waals surface area contributed by atoms with Crippen LogP contribution in [0.4, 0.5) is 5.69 Å². The quantitative estimate of drug-likeness (QED) is 0.690. The van der Waals surface area contributed by atoms with Crippen molar-refractivity contribution in [3.8, 4) is 16.9 Å². The fourth-order valence-electron chi connectivity index (χ4n) is 2.51. The van der Waals surface area contributed by atoms with Gasteiger partial charge in [0.15, 0.2) is 5.78 Å². The minimum absolute atomic E-state index is 0.00803. The molecule has 0 fully saturated rings. The van der Waals surface area contributed by atoms with E-state index >= 15 is 0 Å². The molecular weight excluding hydrogens is 350 g/mol. The first-order chi connectivity index (χ1) is 12.5. The van der Waals surface area contributed by atoms with Gasteiger partial charge in [-0.15, -0.1) is 5.10 Å². The van der Waals surface area contributed by atoms with Gasteiger partial charge in [-0.25, -0.2) is 0 Å². The van der Waals surface area contributed by atoms with Crippen LogP contribution in [-0.4, -0.2) is 28.4 Å². The summed E-state index contributed by atoms with van der Waals surface area (Å²) in [6.45, 7) is 3.27. The molecule has 0 aliphatic carbocycles. The number of benzene rings is 2. The zero-order valence-electron chi connectivity index (χ0n) is 14.6. The number of anilines is 1. The Kier molecular flexibility index (Phi) is 5.09. The van der Waals surface area contributed by atoms with Crippen LogP contribution < -0.4 is 10.1 Å². The van der Waals surface area contributed by atoms with Crippen LogP contribution in [0.25, 0.3) is 11.1 Å². The largest absolute Gasteiger partial charge is 0.496 e. The molecule has 1 N–H and O–H groups in total. The van der Waals surface area contributed by atoms with Gasteiger partial charge in [-0.05, 0) is 61.3 Å². The Labute approximate surface area is 155 Å². The highest BCUT2D eigenvalue weighted by molar-refractivity contribution is 7.08.